The van der Waals surface area contributed by atoms with Crippen LogP contribution in [0.1, 0.15) is 25.0 Å². The van der Waals surface area contributed by atoms with Gasteiger partial charge in [-0.25, -0.2) is 4.39 Å². The molecule has 0 atom stereocenters. The molecule has 21 heavy (non-hydrogen) atoms. The first-order valence-electron chi connectivity index (χ1n) is 7.38. The summed E-state index contributed by atoms with van der Waals surface area (Å²) >= 11 is 0. The maximum atomic E-state index is 14.1. The lowest BCUT2D eigenvalue weighted by molar-refractivity contribution is 0.591. The Morgan fingerprint density at radius 3 is 2.57 bits per heavy atom. The SMILES string of the molecule is CCNCc1c(F)cccc1N(CC)Cc1ccncc1. The summed E-state index contributed by atoms with van der Waals surface area (Å²) in [5.74, 6) is -0.151. The van der Waals surface area contributed by atoms with E-state index in [1.165, 1.54) is 11.6 Å². The van der Waals surface area contributed by atoms with Crippen LogP contribution in [-0.4, -0.2) is 18.1 Å². The smallest absolute Gasteiger partial charge is 0.129 e. The molecule has 0 aliphatic heterocycles. The van der Waals surface area contributed by atoms with Crippen LogP contribution in [0.3, 0.4) is 0 Å². The van der Waals surface area contributed by atoms with Crippen LogP contribution in [0.2, 0.25) is 0 Å². The van der Waals surface area contributed by atoms with E-state index in [9.17, 15) is 4.39 Å². The lowest BCUT2D eigenvalue weighted by atomic mass is 10.1. The van der Waals surface area contributed by atoms with E-state index in [0.29, 0.717) is 6.54 Å². The number of nitrogens with zero attached hydrogens (tertiary/aromatic N) is 2. The van der Waals surface area contributed by atoms with E-state index in [2.05, 4.69) is 22.1 Å². The lowest BCUT2D eigenvalue weighted by Gasteiger charge is -2.26. The predicted octanol–water partition coefficient (Wildman–Crippen LogP) is 3.36. The van der Waals surface area contributed by atoms with Crippen LogP contribution in [0.15, 0.2) is 42.7 Å². The van der Waals surface area contributed by atoms with Crippen molar-refractivity contribution in [3.05, 3.63) is 59.7 Å². The molecule has 0 spiro atoms. The summed E-state index contributed by atoms with van der Waals surface area (Å²) in [7, 11) is 0. The highest BCUT2D eigenvalue weighted by molar-refractivity contribution is 5.54. The second kappa shape index (κ2) is 7.74. The zero-order valence-electron chi connectivity index (χ0n) is 12.6. The van der Waals surface area contributed by atoms with Gasteiger partial charge in [0.2, 0.25) is 0 Å². The van der Waals surface area contributed by atoms with Crippen LogP contribution in [0.4, 0.5) is 10.1 Å². The zero-order chi connectivity index (χ0) is 15.1. The molecule has 2 aromatic rings. The predicted molar refractivity (Wildman–Crippen MR) is 84.7 cm³/mol. The quantitative estimate of drug-likeness (QED) is 0.846. The van der Waals surface area contributed by atoms with Crippen molar-refractivity contribution >= 4 is 5.69 Å². The Balaban J connectivity index is 2.27. The molecule has 112 valence electrons. The fourth-order valence-corrected chi connectivity index (χ4v) is 2.34. The zero-order valence-corrected chi connectivity index (χ0v) is 12.6. The van der Waals surface area contributed by atoms with Crippen molar-refractivity contribution in [3.8, 4) is 0 Å². The number of benzene rings is 1. The molecule has 1 N–H and O–H groups in total. The summed E-state index contributed by atoms with van der Waals surface area (Å²) < 4.78 is 14.1. The minimum atomic E-state index is -0.151. The third kappa shape index (κ3) is 4.02. The standard InChI is InChI=1S/C17H22FN3/c1-3-19-12-15-16(18)6-5-7-17(15)21(4-2)13-14-8-10-20-11-9-14/h5-11,19H,3-4,12-13H2,1-2H3. The van der Waals surface area contributed by atoms with Gasteiger partial charge in [0.25, 0.3) is 0 Å². The van der Waals surface area contributed by atoms with Crippen LogP contribution >= 0.6 is 0 Å². The van der Waals surface area contributed by atoms with Crippen molar-refractivity contribution in [1.82, 2.24) is 10.3 Å². The van der Waals surface area contributed by atoms with Crippen molar-refractivity contribution < 1.29 is 4.39 Å². The summed E-state index contributed by atoms with van der Waals surface area (Å²) in [6.07, 6.45) is 3.57. The maximum Gasteiger partial charge on any atom is 0.129 e. The van der Waals surface area contributed by atoms with Crippen molar-refractivity contribution in [2.24, 2.45) is 0 Å². The average molecular weight is 287 g/mol. The molecule has 1 aromatic heterocycles. The summed E-state index contributed by atoms with van der Waals surface area (Å²) in [5.41, 5.74) is 2.86. The lowest BCUT2D eigenvalue weighted by Crippen LogP contribution is -2.25. The van der Waals surface area contributed by atoms with Crippen molar-refractivity contribution in [3.63, 3.8) is 0 Å². The van der Waals surface area contributed by atoms with Gasteiger partial charge in [0.1, 0.15) is 5.82 Å². The van der Waals surface area contributed by atoms with Crippen molar-refractivity contribution in [2.45, 2.75) is 26.9 Å². The molecule has 0 aliphatic carbocycles. The highest BCUT2D eigenvalue weighted by Crippen LogP contribution is 2.24. The maximum absolute atomic E-state index is 14.1. The number of nitrogens with one attached hydrogen (secondary N) is 1. The highest BCUT2D eigenvalue weighted by Gasteiger charge is 2.13. The van der Waals surface area contributed by atoms with E-state index in [0.717, 1.165) is 30.9 Å². The average Bonchev–Trinajstić information content (AvgIpc) is 2.52. The molecule has 1 aromatic carbocycles. The van der Waals surface area contributed by atoms with Crippen LogP contribution < -0.4 is 10.2 Å². The number of hydrogen-bond acceptors (Lipinski definition) is 3. The van der Waals surface area contributed by atoms with Gasteiger partial charge in [-0.2, -0.15) is 0 Å². The van der Waals surface area contributed by atoms with Gasteiger partial charge in [0.05, 0.1) is 0 Å². The fourth-order valence-electron chi connectivity index (χ4n) is 2.34. The van der Waals surface area contributed by atoms with Gasteiger partial charge in [-0.3, -0.25) is 4.98 Å². The number of aromatic nitrogens is 1. The Bertz CT molecular complexity index is 557. The molecule has 0 fully saturated rings. The van der Waals surface area contributed by atoms with Gasteiger partial charge in [-0.05, 0) is 43.3 Å². The van der Waals surface area contributed by atoms with Gasteiger partial charge >= 0.3 is 0 Å². The summed E-state index contributed by atoms with van der Waals surface area (Å²) in [5, 5.41) is 3.21. The third-order valence-electron chi connectivity index (χ3n) is 3.49. The van der Waals surface area contributed by atoms with Gasteiger partial charge in [0, 0.05) is 43.3 Å². The summed E-state index contributed by atoms with van der Waals surface area (Å²) in [6, 6.07) is 9.27. The second-order valence-electron chi connectivity index (χ2n) is 4.89. The highest BCUT2D eigenvalue weighted by atomic mass is 19.1. The van der Waals surface area contributed by atoms with Gasteiger partial charge in [-0.15, -0.1) is 0 Å². The molecular formula is C17H22FN3. The van der Waals surface area contributed by atoms with E-state index in [1.54, 1.807) is 18.5 Å². The second-order valence-corrected chi connectivity index (χ2v) is 4.89. The van der Waals surface area contributed by atoms with Crippen molar-refractivity contribution in [1.29, 1.82) is 0 Å². The number of anilines is 1. The Kier molecular flexibility index (Phi) is 5.69. The third-order valence-corrected chi connectivity index (χ3v) is 3.49. The summed E-state index contributed by atoms with van der Waals surface area (Å²) in [4.78, 5) is 6.22. The fraction of sp³-hybridized carbons (Fsp3) is 0.353. The van der Waals surface area contributed by atoms with Crippen LogP contribution in [-0.2, 0) is 13.1 Å². The molecule has 0 radical (unpaired) electrons. The molecule has 0 aliphatic rings. The first-order chi connectivity index (χ1) is 10.3. The van der Waals surface area contributed by atoms with E-state index >= 15 is 0 Å². The number of hydrogen-bond donors (Lipinski definition) is 1. The molecule has 0 amide bonds. The first kappa shape index (κ1) is 15.4. The molecule has 0 saturated heterocycles. The molecule has 0 saturated carbocycles. The van der Waals surface area contributed by atoms with Crippen molar-refractivity contribution in [2.75, 3.05) is 18.0 Å². The van der Waals surface area contributed by atoms with Gasteiger partial charge in [-0.1, -0.05) is 13.0 Å². The number of rotatable bonds is 7. The van der Waals surface area contributed by atoms with E-state index in [1.807, 2.05) is 25.1 Å². The number of pyridine rings is 1. The van der Waals surface area contributed by atoms with Gasteiger partial charge in [0.15, 0.2) is 0 Å². The Labute approximate surface area is 125 Å². The van der Waals surface area contributed by atoms with E-state index < -0.39 is 0 Å². The Hall–Kier alpha value is -1.94. The Morgan fingerprint density at radius 1 is 1.14 bits per heavy atom. The molecular weight excluding hydrogens is 265 g/mol. The monoisotopic (exact) mass is 287 g/mol. The molecule has 0 bridgehead atoms. The van der Waals surface area contributed by atoms with E-state index in [-0.39, 0.29) is 5.82 Å². The normalized spacial score (nSPS) is 10.6. The largest absolute Gasteiger partial charge is 0.367 e. The molecule has 2 rings (SSSR count). The van der Waals surface area contributed by atoms with Crippen LogP contribution in [0, 0.1) is 5.82 Å². The topological polar surface area (TPSA) is 28.2 Å². The number of halogens is 1. The first-order valence-corrected chi connectivity index (χ1v) is 7.38. The van der Waals surface area contributed by atoms with Crippen LogP contribution in [0.5, 0.6) is 0 Å². The molecule has 4 heteroatoms. The van der Waals surface area contributed by atoms with E-state index in [4.69, 9.17) is 0 Å². The molecule has 3 nitrogen and oxygen atoms in total. The molecule has 1 heterocycles. The minimum Gasteiger partial charge on any atom is -0.367 e. The van der Waals surface area contributed by atoms with Gasteiger partial charge < -0.3 is 10.2 Å². The minimum absolute atomic E-state index is 0.151. The summed E-state index contributed by atoms with van der Waals surface area (Å²) in [6.45, 7) is 7.06. The van der Waals surface area contributed by atoms with Crippen LogP contribution in [0.25, 0.3) is 0 Å². The molecule has 0 unspecified atom stereocenters. The Morgan fingerprint density at radius 2 is 1.90 bits per heavy atom.